The van der Waals surface area contributed by atoms with Gasteiger partial charge in [-0.15, -0.1) is 24.0 Å². The number of primary amides is 1. The van der Waals surface area contributed by atoms with Crippen molar-refractivity contribution >= 4 is 35.8 Å². The van der Waals surface area contributed by atoms with Crippen molar-refractivity contribution in [3.8, 4) is 5.75 Å². The summed E-state index contributed by atoms with van der Waals surface area (Å²) >= 11 is 0. The molecule has 1 aromatic carbocycles. The number of rotatable bonds is 6. The summed E-state index contributed by atoms with van der Waals surface area (Å²) in [5.74, 6) is 0.148. The van der Waals surface area contributed by atoms with Crippen molar-refractivity contribution in [1.29, 1.82) is 0 Å². The minimum absolute atomic E-state index is 0. The number of nitrogens with zero attached hydrogens (tertiary/aromatic N) is 1. The van der Waals surface area contributed by atoms with Gasteiger partial charge in [-0.25, -0.2) is 0 Å². The molecule has 0 spiro atoms. The highest BCUT2D eigenvalue weighted by Gasteiger charge is 2.34. The third-order valence-corrected chi connectivity index (χ3v) is 3.82. The number of carbonyl (C=O) groups is 1. The zero-order valence-electron chi connectivity index (χ0n) is 17.6. The zero-order chi connectivity index (χ0) is 22.5. The number of hydrogen-bond donors (Lipinski definition) is 3. The Morgan fingerprint density at radius 2 is 1.77 bits per heavy atom. The van der Waals surface area contributed by atoms with Crippen LogP contribution in [-0.4, -0.2) is 24.5 Å². The molecule has 1 amide bonds. The molecule has 31 heavy (non-hydrogen) atoms. The lowest BCUT2D eigenvalue weighted by atomic mass is 10.1. The molecule has 0 aliphatic rings. The van der Waals surface area contributed by atoms with Crippen molar-refractivity contribution in [2.24, 2.45) is 10.7 Å². The number of furan rings is 1. The molecule has 1 aromatic heterocycles. The molecule has 2 rings (SSSR count). The molecule has 0 bridgehead atoms. The van der Waals surface area contributed by atoms with Gasteiger partial charge in [0.2, 0.25) is 0 Å². The maximum absolute atomic E-state index is 13.5. The van der Waals surface area contributed by atoms with E-state index in [0.717, 1.165) is 6.07 Å². The summed E-state index contributed by atoms with van der Waals surface area (Å²) in [6.07, 6.45) is -4.54. The highest BCUT2D eigenvalue weighted by molar-refractivity contribution is 14.0. The molecule has 172 valence electrons. The lowest BCUT2D eigenvalue weighted by Crippen LogP contribution is -2.36. The van der Waals surface area contributed by atoms with Gasteiger partial charge in [-0.2, -0.15) is 13.2 Å². The first-order valence-electron chi connectivity index (χ1n) is 9.11. The molecule has 0 aliphatic carbocycles. The van der Waals surface area contributed by atoms with Gasteiger partial charge in [-0.1, -0.05) is 6.07 Å². The molecule has 0 aliphatic heterocycles. The first-order chi connectivity index (χ1) is 13.9. The number of ether oxygens (including phenoxy) is 1. The summed E-state index contributed by atoms with van der Waals surface area (Å²) in [5, 5.41) is 5.73. The van der Waals surface area contributed by atoms with Gasteiger partial charge >= 0.3 is 6.18 Å². The second-order valence-electron chi connectivity index (χ2n) is 7.44. The number of benzene rings is 1. The topological polar surface area (TPSA) is 102 Å². The summed E-state index contributed by atoms with van der Waals surface area (Å²) < 4.78 is 51.4. The molecule has 0 fully saturated rings. The molecule has 4 N–H and O–H groups in total. The minimum Gasteiger partial charge on any atom is -0.488 e. The maximum Gasteiger partial charge on any atom is 0.416 e. The van der Waals surface area contributed by atoms with Gasteiger partial charge in [0, 0.05) is 13.6 Å². The standard InChI is InChI=1S/C20H25F3N4O3.HI/c1-19(2,3)30-13-6-5-12(15(9-13)20(21,22)23)10-26-18(25-4)27-11-14-7-8-16(29-14)17(24)28;/h5-9H,10-11H2,1-4H3,(H2,24,28)(H2,25,26,27);1H. The van der Waals surface area contributed by atoms with Crippen LogP contribution in [0.15, 0.2) is 39.7 Å². The molecule has 0 radical (unpaired) electrons. The Hall–Kier alpha value is -2.44. The Morgan fingerprint density at radius 3 is 2.29 bits per heavy atom. The second-order valence-corrected chi connectivity index (χ2v) is 7.44. The fraction of sp³-hybridized carbons (Fsp3) is 0.400. The van der Waals surface area contributed by atoms with Crippen LogP contribution in [0.1, 0.15) is 48.2 Å². The molecular formula is C20H26F3IN4O3. The molecule has 7 nitrogen and oxygen atoms in total. The van der Waals surface area contributed by atoms with E-state index in [4.69, 9.17) is 14.9 Å². The minimum atomic E-state index is -4.54. The number of alkyl halides is 3. The van der Waals surface area contributed by atoms with Crippen LogP contribution in [0.25, 0.3) is 0 Å². The van der Waals surface area contributed by atoms with Crippen molar-refractivity contribution in [1.82, 2.24) is 10.6 Å². The smallest absolute Gasteiger partial charge is 0.416 e. The number of aliphatic imine (C=N–C) groups is 1. The number of guanidine groups is 1. The summed E-state index contributed by atoms with van der Waals surface area (Å²) in [6.45, 7) is 5.33. The van der Waals surface area contributed by atoms with Crippen molar-refractivity contribution < 1.29 is 27.1 Å². The summed E-state index contributed by atoms with van der Waals surface area (Å²) in [4.78, 5) is 15.0. The quantitative estimate of drug-likeness (QED) is 0.284. The number of nitrogens with one attached hydrogen (secondary N) is 2. The molecule has 2 aromatic rings. The lowest BCUT2D eigenvalue weighted by molar-refractivity contribution is -0.138. The van der Waals surface area contributed by atoms with Crippen LogP contribution in [0.5, 0.6) is 5.75 Å². The van der Waals surface area contributed by atoms with Gasteiger partial charge in [0.1, 0.15) is 17.1 Å². The highest BCUT2D eigenvalue weighted by atomic mass is 127. The van der Waals surface area contributed by atoms with E-state index in [1.807, 2.05) is 0 Å². The Balaban J connectivity index is 0.00000480. The summed E-state index contributed by atoms with van der Waals surface area (Å²) in [6, 6.07) is 6.87. The van der Waals surface area contributed by atoms with Gasteiger partial charge in [0.25, 0.3) is 5.91 Å². The third-order valence-electron chi connectivity index (χ3n) is 3.82. The highest BCUT2D eigenvalue weighted by Crippen LogP contribution is 2.35. The van der Waals surface area contributed by atoms with E-state index in [2.05, 4.69) is 15.6 Å². The first kappa shape index (κ1) is 26.6. The number of halogens is 4. The molecule has 1 heterocycles. The van der Waals surface area contributed by atoms with E-state index in [-0.39, 0.29) is 60.1 Å². The van der Waals surface area contributed by atoms with Gasteiger partial charge in [-0.3, -0.25) is 9.79 Å². The van der Waals surface area contributed by atoms with Gasteiger partial charge in [-0.05, 0) is 50.6 Å². The molecule has 0 atom stereocenters. The molecular weight excluding hydrogens is 528 g/mol. The van der Waals surface area contributed by atoms with Crippen LogP contribution < -0.4 is 21.1 Å². The molecule has 0 saturated heterocycles. The Bertz CT molecular complexity index is 921. The Morgan fingerprint density at radius 1 is 1.13 bits per heavy atom. The van der Waals surface area contributed by atoms with Crippen LogP contribution in [-0.2, 0) is 19.3 Å². The van der Waals surface area contributed by atoms with Crippen molar-refractivity contribution in [3.63, 3.8) is 0 Å². The predicted octanol–water partition coefficient (Wildman–Crippen LogP) is 4.06. The van der Waals surface area contributed by atoms with E-state index in [9.17, 15) is 18.0 Å². The van der Waals surface area contributed by atoms with Crippen LogP contribution in [0.3, 0.4) is 0 Å². The van der Waals surface area contributed by atoms with E-state index < -0.39 is 23.2 Å². The maximum atomic E-state index is 13.5. The average molecular weight is 554 g/mol. The van der Waals surface area contributed by atoms with Crippen LogP contribution >= 0.6 is 24.0 Å². The van der Waals surface area contributed by atoms with E-state index in [1.54, 1.807) is 26.8 Å². The number of nitrogens with two attached hydrogens (primary N) is 1. The molecule has 0 unspecified atom stereocenters. The van der Waals surface area contributed by atoms with Gasteiger partial charge in [0.15, 0.2) is 11.7 Å². The molecule has 0 saturated carbocycles. The van der Waals surface area contributed by atoms with Crippen LogP contribution in [0, 0.1) is 0 Å². The average Bonchev–Trinajstić information content (AvgIpc) is 3.10. The zero-order valence-corrected chi connectivity index (χ0v) is 19.9. The van der Waals surface area contributed by atoms with Crippen molar-refractivity contribution in [2.45, 2.75) is 45.6 Å². The van der Waals surface area contributed by atoms with E-state index in [1.165, 1.54) is 25.2 Å². The summed E-state index contributed by atoms with van der Waals surface area (Å²) in [7, 11) is 1.48. The summed E-state index contributed by atoms with van der Waals surface area (Å²) in [5.41, 5.74) is 3.76. The number of carbonyl (C=O) groups excluding carboxylic acids is 1. The van der Waals surface area contributed by atoms with Gasteiger partial charge < -0.3 is 25.5 Å². The number of hydrogen-bond acceptors (Lipinski definition) is 4. The van der Waals surface area contributed by atoms with Crippen molar-refractivity contribution in [2.75, 3.05) is 7.05 Å². The van der Waals surface area contributed by atoms with E-state index in [0.29, 0.717) is 5.76 Å². The predicted molar refractivity (Wildman–Crippen MR) is 122 cm³/mol. The number of amides is 1. The fourth-order valence-corrected chi connectivity index (χ4v) is 2.57. The third kappa shape index (κ3) is 8.31. The Kier molecular flexibility index (Phi) is 9.21. The fourth-order valence-electron chi connectivity index (χ4n) is 2.57. The lowest BCUT2D eigenvalue weighted by Gasteiger charge is -2.23. The van der Waals surface area contributed by atoms with Crippen molar-refractivity contribution in [3.05, 3.63) is 53.0 Å². The molecule has 11 heteroatoms. The van der Waals surface area contributed by atoms with E-state index >= 15 is 0 Å². The SMILES string of the molecule is CN=C(NCc1ccc(C(N)=O)o1)NCc1ccc(OC(C)(C)C)cc1C(F)(F)F.I. The van der Waals surface area contributed by atoms with Crippen LogP contribution in [0.4, 0.5) is 13.2 Å². The largest absolute Gasteiger partial charge is 0.488 e. The van der Waals surface area contributed by atoms with Gasteiger partial charge in [0.05, 0.1) is 12.1 Å². The van der Waals surface area contributed by atoms with Crippen LogP contribution in [0.2, 0.25) is 0 Å². The monoisotopic (exact) mass is 554 g/mol. The second kappa shape index (κ2) is 10.7. The Labute approximate surface area is 195 Å². The normalized spacial score (nSPS) is 12.2. The first-order valence-corrected chi connectivity index (χ1v) is 9.11.